The van der Waals surface area contributed by atoms with Crippen LogP contribution in [0.1, 0.15) is 0 Å². The van der Waals surface area contributed by atoms with E-state index < -0.39 is 21.2 Å². The number of nitrogens with one attached hydrogen (secondary N) is 2. The SMILES string of the molecule is O=c1[nH]c2ccc(S(=O)(=O)O)cc2[nH]c1=O.[NaH]. The molecule has 0 fully saturated rings. The molecule has 0 saturated carbocycles. The maximum atomic E-state index is 11.0. The van der Waals surface area contributed by atoms with E-state index in [2.05, 4.69) is 9.97 Å². The Hall–Kier alpha value is -0.930. The molecule has 1 aromatic heterocycles. The standard InChI is InChI=1S/C8H6N2O5S.Na.H/c11-7-8(12)10-6-3-4(16(13,14)15)1-2-5(6)9-7;;/h1-3H,(H,9,11)(H,10,12)(H,13,14,15);;. The van der Waals surface area contributed by atoms with Crippen molar-refractivity contribution in [3.05, 3.63) is 38.9 Å². The average molecular weight is 266 g/mol. The number of benzene rings is 1. The van der Waals surface area contributed by atoms with Gasteiger partial charge in [-0.2, -0.15) is 8.42 Å². The first-order valence-corrected chi connectivity index (χ1v) is 5.56. The van der Waals surface area contributed by atoms with Crippen LogP contribution in [0, 0.1) is 0 Å². The van der Waals surface area contributed by atoms with Gasteiger partial charge in [0.15, 0.2) is 0 Å². The third-order valence-electron chi connectivity index (χ3n) is 1.99. The fourth-order valence-corrected chi connectivity index (χ4v) is 1.76. The van der Waals surface area contributed by atoms with Crippen molar-refractivity contribution in [1.82, 2.24) is 9.97 Å². The van der Waals surface area contributed by atoms with Crippen molar-refractivity contribution < 1.29 is 13.0 Å². The Morgan fingerprint density at radius 2 is 1.53 bits per heavy atom. The molecule has 0 unspecified atom stereocenters. The molecule has 0 atom stereocenters. The molecule has 1 aromatic carbocycles. The van der Waals surface area contributed by atoms with Crippen LogP contribution in [-0.4, -0.2) is 52.5 Å². The second kappa shape index (κ2) is 4.75. The molecule has 9 heteroatoms. The third-order valence-corrected chi connectivity index (χ3v) is 2.84. The number of hydrogen-bond acceptors (Lipinski definition) is 4. The molecule has 3 N–H and O–H groups in total. The molecule has 86 valence electrons. The van der Waals surface area contributed by atoms with Crippen molar-refractivity contribution in [2.24, 2.45) is 0 Å². The first-order chi connectivity index (χ1) is 7.38. The van der Waals surface area contributed by atoms with Gasteiger partial charge in [-0.25, -0.2) is 0 Å². The summed E-state index contributed by atoms with van der Waals surface area (Å²) in [7, 11) is -4.33. The summed E-state index contributed by atoms with van der Waals surface area (Å²) in [5.41, 5.74) is -1.32. The summed E-state index contributed by atoms with van der Waals surface area (Å²) in [6.45, 7) is 0. The topological polar surface area (TPSA) is 120 Å². The van der Waals surface area contributed by atoms with Gasteiger partial charge in [0.25, 0.3) is 10.1 Å². The normalized spacial score (nSPS) is 11.1. The number of aromatic nitrogens is 2. The Balaban J connectivity index is 0.00000144. The fraction of sp³-hybridized carbons (Fsp3) is 0. The molecule has 0 bridgehead atoms. The first-order valence-electron chi connectivity index (χ1n) is 4.12. The summed E-state index contributed by atoms with van der Waals surface area (Å²) in [5.74, 6) is 0. The zero-order valence-electron chi connectivity index (χ0n) is 7.72. The number of rotatable bonds is 1. The minimum atomic E-state index is -4.33. The van der Waals surface area contributed by atoms with E-state index in [1.165, 1.54) is 6.07 Å². The van der Waals surface area contributed by atoms with Crippen molar-refractivity contribution in [2.45, 2.75) is 4.90 Å². The van der Waals surface area contributed by atoms with Gasteiger partial charge in [0, 0.05) is 0 Å². The average Bonchev–Trinajstić information content (AvgIpc) is 2.17. The van der Waals surface area contributed by atoms with Crippen molar-refractivity contribution in [2.75, 3.05) is 0 Å². The second-order valence-electron chi connectivity index (χ2n) is 3.09. The molecular weight excluding hydrogens is 259 g/mol. The molecule has 0 aliphatic heterocycles. The van der Waals surface area contributed by atoms with Crippen molar-refractivity contribution in [3.63, 3.8) is 0 Å². The predicted molar refractivity (Wildman–Crippen MR) is 62.2 cm³/mol. The molecule has 7 nitrogen and oxygen atoms in total. The number of H-pyrrole nitrogens is 2. The van der Waals surface area contributed by atoms with Crippen LogP contribution in [-0.2, 0) is 10.1 Å². The molecule has 0 radical (unpaired) electrons. The summed E-state index contributed by atoms with van der Waals surface area (Å²) in [6.07, 6.45) is 0. The molecule has 2 rings (SSSR count). The molecule has 0 aliphatic rings. The Labute approximate surface area is 117 Å². The van der Waals surface area contributed by atoms with Crippen LogP contribution < -0.4 is 11.1 Å². The van der Waals surface area contributed by atoms with E-state index in [0.29, 0.717) is 0 Å². The van der Waals surface area contributed by atoms with Crippen LogP contribution in [0.4, 0.5) is 0 Å². The minimum absolute atomic E-state index is 0. The van der Waals surface area contributed by atoms with Gasteiger partial charge >= 0.3 is 40.7 Å². The number of hydrogen-bond donors (Lipinski definition) is 3. The molecular formula is C8H7N2NaO5S. The van der Waals surface area contributed by atoms with Crippen LogP contribution in [0.25, 0.3) is 11.0 Å². The molecule has 0 aliphatic carbocycles. The monoisotopic (exact) mass is 266 g/mol. The third kappa shape index (κ3) is 2.85. The quantitative estimate of drug-likeness (QED) is 0.341. The van der Waals surface area contributed by atoms with Crippen LogP contribution >= 0.6 is 0 Å². The maximum absolute atomic E-state index is 11.0. The number of aromatic amines is 2. The van der Waals surface area contributed by atoms with Crippen molar-refractivity contribution in [3.8, 4) is 0 Å². The van der Waals surface area contributed by atoms with E-state index >= 15 is 0 Å². The van der Waals surface area contributed by atoms with Crippen LogP contribution in [0.3, 0.4) is 0 Å². The van der Waals surface area contributed by atoms with Crippen LogP contribution in [0.5, 0.6) is 0 Å². The number of fused-ring (bicyclic) bond motifs is 1. The Morgan fingerprint density at radius 3 is 2.06 bits per heavy atom. The zero-order chi connectivity index (χ0) is 11.9. The van der Waals surface area contributed by atoms with Crippen molar-refractivity contribution >= 4 is 50.7 Å². The first kappa shape index (κ1) is 14.1. The summed E-state index contributed by atoms with van der Waals surface area (Å²) >= 11 is 0. The van der Waals surface area contributed by atoms with Crippen molar-refractivity contribution in [1.29, 1.82) is 0 Å². The van der Waals surface area contributed by atoms with E-state index in [-0.39, 0.29) is 45.5 Å². The predicted octanol–water partition coefficient (Wildman–Crippen LogP) is -1.19. The van der Waals surface area contributed by atoms with E-state index in [1.807, 2.05) is 0 Å². The molecule has 0 spiro atoms. The fourth-order valence-electron chi connectivity index (χ4n) is 1.25. The van der Waals surface area contributed by atoms with Gasteiger partial charge < -0.3 is 9.97 Å². The van der Waals surface area contributed by atoms with Gasteiger partial charge in [0.1, 0.15) is 0 Å². The molecule has 1 heterocycles. The summed E-state index contributed by atoms with van der Waals surface area (Å²) in [4.78, 5) is 26.0. The Bertz CT molecular complexity index is 776. The summed E-state index contributed by atoms with van der Waals surface area (Å²) in [6, 6.07) is 3.45. The van der Waals surface area contributed by atoms with Gasteiger partial charge in [-0.15, -0.1) is 0 Å². The van der Waals surface area contributed by atoms with E-state index in [4.69, 9.17) is 4.55 Å². The van der Waals surface area contributed by atoms with E-state index in [0.717, 1.165) is 12.1 Å². The molecule has 2 aromatic rings. The Kier molecular flexibility index (Phi) is 3.95. The van der Waals surface area contributed by atoms with Gasteiger partial charge in [-0.3, -0.25) is 14.1 Å². The van der Waals surface area contributed by atoms with Crippen LogP contribution in [0.2, 0.25) is 0 Å². The van der Waals surface area contributed by atoms with Gasteiger partial charge in [0.05, 0.1) is 15.9 Å². The summed E-state index contributed by atoms with van der Waals surface area (Å²) in [5, 5.41) is 0. The van der Waals surface area contributed by atoms with Crippen LogP contribution in [0.15, 0.2) is 32.7 Å². The molecule has 0 amide bonds. The zero-order valence-corrected chi connectivity index (χ0v) is 8.54. The summed E-state index contributed by atoms with van der Waals surface area (Å²) < 4.78 is 30.4. The Morgan fingerprint density at radius 1 is 1.00 bits per heavy atom. The molecule has 0 saturated heterocycles. The molecule has 17 heavy (non-hydrogen) atoms. The van der Waals surface area contributed by atoms with E-state index in [9.17, 15) is 18.0 Å². The van der Waals surface area contributed by atoms with Gasteiger partial charge in [-0.05, 0) is 18.2 Å². The van der Waals surface area contributed by atoms with E-state index in [1.54, 1.807) is 0 Å². The second-order valence-corrected chi connectivity index (χ2v) is 4.51. The van der Waals surface area contributed by atoms with Gasteiger partial charge in [0.2, 0.25) is 0 Å². The van der Waals surface area contributed by atoms with Gasteiger partial charge in [-0.1, -0.05) is 0 Å².